The molecule has 0 aliphatic rings. The Bertz CT molecular complexity index is 1240. The first-order valence-electron chi connectivity index (χ1n) is 10.1. The number of fused-ring (bicyclic) bond motifs is 2. The van der Waals surface area contributed by atoms with Gasteiger partial charge in [-0.05, 0) is 39.3 Å². The fourth-order valence-electron chi connectivity index (χ4n) is 3.14. The van der Waals surface area contributed by atoms with Gasteiger partial charge in [-0.15, -0.1) is 0 Å². The van der Waals surface area contributed by atoms with Crippen molar-refractivity contribution in [1.29, 1.82) is 0 Å². The molecule has 0 unspecified atom stereocenters. The minimum Gasteiger partial charge on any atom is -0.507 e. The molecule has 0 saturated carbocycles. The summed E-state index contributed by atoms with van der Waals surface area (Å²) in [5.74, 6) is -1.19. The maximum atomic E-state index is 12.8. The van der Waals surface area contributed by atoms with Crippen molar-refractivity contribution in [3.63, 3.8) is 0 Å². The zero-order valence-corrected chi connectivity index (χ0v) is 18.9. The van der Waals surface area contributed by atoms with Crippen LogP contribution in [0.5, 0.6) is 11.5 Å². The maximum absolute atomic E-state index is 12.8. The molecule has 0 aliphatic heterocycles. The number of halogens is 1. The topological polar surface area (TPSA) is 115 Å². The Labute approximate surface area is 189 Å². The summed E-state index contributed by atoms with van der Waals surface area (Å²) in [5.41, 5.74) is -0.908. The van der Waals surface area contributed by atoms with E-state index in [9.17, 15) is 19.5 Å². The van der Waals surface area contributed by atoms with E-state index in [1.54, 1.807) is 26.8 Å². The third-order valence-electron chi connectivity index (χ3n) is 4.46. The molecule has 3 rings (SSSR count). The number of esters is 1. The van der Waals surface area contributed by atoms with Gasteiger partial charge >= 0.3 is 12.1 Å². The van der Waals surface area contributed by atoms with E-state index in [0.29, 0.717) is 17.9 Å². The number of carbonyl (C=O) groups excluding carboxylic acids is 2. The van der Waals surface area contributed by atoms with Gasteiger partial charge < -0.3 is 24.3 Å². The summed E-state index contributed by atoms with van der Waals surface area (Å²) in [6, 6.07) is 6.05. The lowest BCUT2D eigenvalue weighted by Gasteiger charge is -2.22. The number of carbonyl (C=O) groups is 2. The molecule has 170 valence electrons. The predicted octanol–water partition coefficient (Wildman–Crippen LogP) is 4.90. The number of aromatic hydroxyl groups is 1. The zero-order valence-electron chi connectivity index (χ0n) is 18.2. The molecule has 9 heteroatoms. The fourth-order valence-corrected chi connectivity index (χ4v) is 3.30. The molecule has 2 aromatic carbocycles. The highest BCUT2D eigenvalue weighted by molar-refractivity contribution is 6.31. The van der Waals surface area contributed by atoms with Crippen LogP contribution in [-0.4, -0.2) is 28.8 Å². The van der Waals surface area contributed by atoms with Gasteiger partial charge in [0.15, 0.2) is 0 Å². The summed E-state index contributed by atoms with van der Waals surface area (Å²) >= 11 is 5.97. The summed E-state index contributed by atoms with van der Waals surface area (Å²) in [7, 11) is 0. The van der Waals surface area contributed by atoms with Crippen molar-refractivity contribution >= 4 is 45.6 Å². The van der Waals surface area contributed by atoms with E-state index >= 15 is 0 Å². The van der Waals surface area contributed by atoms with E-state index in [4.69, 9.17) is 25.5 Å². The number of phenolic OH excluding ortho intramolecular Hbond substituents is 1. The van der Waals surface area contributed by atoms with Gasteiger partial charge in [-0.25, -0.2) is 9.59 Å². The number of nitrogens with one attached hydrogen (secondary N) is 1. The second kappa shape index (κ2) is 9.08. The van der Waals surface area contributed by atoms with E-state index in [1.165, 1.54) is 18.2 Å². The highest BCUT2D eigenvalue weighted by Crippen LogP contribution is 2.31. The highest BCUT2D eigenvalue weighted by Gasteiger charge is 2.26. The van der Waals surface area contributed by atoms with Gasteiger partial charge in [0.2, 0.25) is 5.43 Å². The van der Waals surface area contributed by atoms with Crippen molar-refractivity contribution in [2.75, 3.05) is 0 Å². The van der Waals surface area contributed by atoms with Gasteiger partial charge in [0, 0.05) is 23.2 Å². The van der Waals surface area contributed by atoms with E-state index in [1.807, 2.05) is 6.92 Å². The lowest BCUT2D eigenvalue weighted by molar-refractivity contribution is -0.137. The van der Waals surface area contributed by atoms with Crippen LogP contribution >= 0.6 is 11.6 Å². The van der Waals surface area contributed by atoms with Crippen molar-refractivity contribution in [3.05, 3.63) is 45.6 Å². The lowest BCUT2D eigenvalue weighted by atomic mass is 10.1. The first kappa shape index (κ1) is 23.4. The summed E-state index contributed by atoms with van der Waals surface area (Å²) in [5, 5.41) is 13.5. The average Bonchev–Trinajstić information content (AvgIpc) is 2.65. The van der Waals surface area contributed by atoms with Crippen LogP contribution in [0.25, 0.3) is 21.9 Å². The van der Waals surface area contributed by atoms with Crippen LogP contribution < -0.4 is 15.5 Å². The van der Waals surface area contributed by atoms with Gasteiger partial charge in [0.25, 0.3) is 0 Å². The molecule has 0 radical (unpaired) electrons. The quantitative estimate of drug-likeness (QED) is 0.315. The molecule has 2 N–H and O–H groups in total. The Kier molecular flexibility index (Phi) is 6.64. The van der Waals surface area contributed by atoms with Crippen LogP contribution in [0.15, 0.2) is 39.5 Å². The molecule has 1 heterocycles. The van der Waals surface area contributed by atoms with Crippen molar-refractivity contribution in [2.24, 2.45) is 0 Å². The Morgan fingerprint density at radius 3 is 2.56 bits per heavy atom. The summed E-state index contributed by atoms with van der Waals surface area (Å²) in [4.78, 5) is 37.5. The number of phenols is 1. The van der Waals surface area contributed by atoms with E-state index in [2.05, 4.69) is 5.32 Å². The molecule has 32 heavy (non-hydrogen) atoms. The molecule has 1 amide bonds. The number of benzene rings is 2. The Morgan fingerprint density at radius 1 is 1.19 bits per heavy atom. The predicted molar refractivity (Wildman–Crippen MR) is 120 cm³/mol. The third kappa shape index (κ3) is 5.31. The maximum Gasteiger partial charge on any atom is 0.408 e. The first-order chi connectivity index (χ1) is 15.0. The second-order valence-electron chi connectivity index (χ2n) is 8.30. The standard InChI is InChI=1S/C23H24ClNO7/c1-5-6-15(25-22(29)32-23(2,3)4)21(28)30-13-10-16(26)19-18(11-13)31-17-9-12(24)7-8-14(17)20(19)27/h7-11,15,26H,5-6H2,1-4H3,(H,25,29)/t15-/m0/s1. The molecule has 1 aromatic heterocycles. The van der Waals surface area contributed by atoms with E-state index in [0.717, 1.165) is 6.07 Å². The molecule has 0 spiro atoms. The smallest absolute Gasteiger partial charge is 0.408 e. The Hall–Kier alpha value is -3.26. The molecular weight excluding hydrogens is 438 g/mol. The van der Waals surface area contributed by atoms with Crippen molar-refractivity contribution < 1.29 is 28.6 Å². The van der Waals surface area contributed by atoms with Crippen molar-refractivity contribution in [1.82, 2.24) is 5.32 Å². The van der Waals surface area contributed by atoms with Crippen LogP contribution in [0.4, 0.5) is 4.79 Å². The van der Waals surface area contributed by atoms with Crippen molar-refractivity contribution in [3.8, 4) is 11.5 Å². The van der Waals surface area contributed by atoms with Crippen LogP contribution in [0, 0.1) is 0 Å². The van der Waals surface area contributed by atoms with Crippen LogP contribution in [-0.2, 0) is 9.53 Å². The lowest BCUT2D eigenvalue weighted by Crippen LogP contribution is -2.45. The normalized spacial score (nSPS) is 12.5. The van der Waals surface area contributed by atoms with Gasteiger partial charge in [0.05, 0.1) is 5.39 Å². The average molecular weight is 462 g/mol. The van der Waals surface area contributed by atoms with Gasteiger partial charge in [0.1, 0.15) is 39.7 Å². The molecule has 0 saturated heterocycles. The number of rotatable bonds is 5. The molecule has 0 bridgehead atoms. The molecule has 8 nitrogen and oxygen atoms in total. The number of ether oxygens (including phenoxy) is 2. The van der Waals surface area contributed by atoms with Crippen LogP contribution in [0.3, 0.4) is 0 Å². The SMILES string of the molecule is CCC[C@H](NC(=O)OC(C)(C)C)C(=O)Oc1cc(O)c2c(=O)c3ccc(Cl)cc3oc2c1. The first-order valence-corrected chi connectivity index (χ1v) is 10.5. The number of amides is 1. The summed E-state index contributed by atoms with van der Waals surface area (Å²) in [6.07, 6.45) is 0.166. The monoisotopic (exact) mass is 461 g/mol. The number of hydrogen-bond acceptors (Lipinski definition) is 7. The molecule has 3 aromatic rings. The summed E-state index contributed by atoms with van der Waals surface area (Å²) in [6.45, 7) is 6.98. The molecule has 1 atom stereocenters. The van der Waals surface area contributed by atoms with E-state index in [-0.39, 0.29) is 27.7 Å². The fraction of sp³-hybridized carbons (Fsp3) is 0.348. The van der Waals surface area contributed by atoms with Crippen LogP contribution in [0.2, 0.25) is 5.02 Å². The van der Waals surface area contributed by atoms with Gasteiger partial charge in [-0.3, -0.25) is 4.79 Å². The summed E-state index contributed by atoms with van der Waals surface area (Å²) < 4.78 is 16.3. The highest BCUT2D eigenvalue weighted by atomic mass is 35.5. The van der Waals surface area contributed by atoms with E-state index < -0.39 is 34.9 Å². The minimum atomic E-state index is -0.963. The Balaban J connectivity index is 1.91. The van der Waals surface area contributed by atoms with Gasteiger partial charge in [-0.2, -0.15) is 0 Å². The number of hydrogen-bond donors (Lipinski definition) is 2. The Morgan fingerprint density at radius 2 is 1.91 bits per heavy atom. The largest absolute Gasteiger partial charge is 0.507 e. The van der Waals surface area contributed by atoms with Crippen LogP contribution in [0.1, 0.15) is 40.5 Å². The third-order valence-corrected chi connectivity index (χ3v) is 4.70. The van der Waals surface area contributed by atoms with Crippen molar-refractivity contribution in [2.45, 2.75) is 52.2 Å². The minimum absolute atomic E-state index is 0.0275. The molecule has 0 fully saturated rings. The molecule has 0 aliphatic carbocycles. The second-order valence-corrected chi connectivity index (χ2v) is 8.73. The number of alkyl carbamates (subject to hydrolysis) is 1. The van der Waals surface area contributed by atoms with Gasteiger partial charge in [-0.1, -0.05) is 24.9 Å². The zero-order chi connectivity index (χ0) is 23.6. The molecular formula is C23H24ClNO7.